The van der Waals surface area contributed by atoms with E-state index in [4.69, 9.17) is 4.98 Å². The van der Waals surface area contributed by atoms with Crippen molar-refractivity contribution in [1.29, 1.82) is 0 Å². The summed E-state index contributed by atoms with van der Waals surface area (Å²) in [5.41, 5.74) is 2.82. The highest BCUT2D eigenvalue weighted by molar-refractivity contribution is 7.92. The van der Waals surface area contributed by atoms with Gasteiger partial charge >= 0.3 is 0 Å². The van der Waals surface area contributed by atoms with E-state index in [0.29, 0.717) is 26.2 Å². The first-order chi connectivity index (χ1) is 12.6. The zero-order valence-electron chi connectivity index (χ0n) is 14.2. The minimum absolute atomic E-state index is 0.423. The number of sulfonamides is 1. The molecule has 0 unspecified atom stereocenters. The van der Waals surface area contributed by atoms with Gasteiger partial charge in [-0.25, -0.2) is 17.9 Å². The highest BCUT2D eigenvalue weighted by Gasteiger charge is 2.25. The Morgan fingerprint density at radius 3 is 2.46 bits per heavy atom. The first-order valence-electron chi connectivity index (χ1n) is 8.36. The standard InChI is InChI=1S/C18H19N5O2S/c1-2-26(24,25)22-12-10-21(11-13-22)17-8-9-23-18(20-17)16(14-19-23)15-6-4-3-5-7-15/h2-9,14H,1,10-13H2. The largest absolute Gasteiger partial charge is 0.354 e. The molecule has 1 aliphatic heterocycles. The van der Waals surface area contributed by atoms with Crippen LogP contribution in [0.5, 0.6) is 0 Å². The van der Waals surface area contributed by atoms with Crippen LogP contribution in [0.15, 0.2) is 60.8 Å². The number of hydrogen-bond acceptors (Lipinski definition) is 5. The zero-order valence-corrected chi connectivity index (χ0v) is 15.0. The SMILES string of the molecule is C=CS(=O)(=O)N1CCN(c2ccn3ncc(-c4ccccc4)c3n2)CC1. The van der Waals surface area contributed by atoms with Gasteiger partial charge in [0.1, 0.15) is 5.82 Å². The lowest BCUT2D eigenvalue weighted by Crippen LogP contribution is -2.48. The van der Waals surface area contributed by atoms with E-state index in [9.17, 15) is 8.42 Å². The summed E-state index contributed by atoms with van der Waals surface area (Å²) >= 11 is 0. The summed E-state index contributed by atoms with van der Waals surface area (Å²) in [4.78, 5) is 6.87. The molecule has 7 nitrogen and oxygen atoms in total. The summed E-state index contributed by atoms with van der Waals surface area (Å²) in [7, 11) is -3.36. The normalized spacial score (nSPS) is 16.1. The van der Waals surface area contributed by atoms with Crippen molar-refractivity contribution in [2.24, 2.45) is 0 Å². The molecular weight excluding hydrogens is 350 g/mol. The van der Waals surface area contributed by atoms with Crippen molar-refractivity contribution in [1.82, 2.24) is 18.9 Å². The Morgan fingerprint density at radius 1 is 1.04 bits per heavy atom. The van der Waals surface area contributed by atoms with Crippen LogP contribution >= 0.6 is 0 Å². The first-order valence-corrected chi connectivity index (χ1v) is 9.86. The van der Waals surface area contributed by atoms with Crippen molar-refractivity contribution in [3.63, 3.8) is 0 Å². The van der Waals surface area contributed by atoms with E-state index in [0.717, 1.165) is 28.0 Å². The Labute approximate surface area is 152 Å². The molecule has 0 aliphatic carbocycles. The van der Waals surface area contributed by atoms with Crippen molar-refractivity contribution < 1.29 is 8.42 Å². The maximum absolute atomic E-state index is 11.9. The molecule has 1 aromatic carbocycles. The lowest BCUT2D eigenvalue weighted by molar-refractivity contribution is 0.389. The molecule has 1 saturated heterocycles. The number of anilines is 1. The predicted molar refractivity (Wildman–Crippen MR) is 101 cm³/mol. The molecule has 0 atom stereocenters. The molecule has 3 heterocycles. The van der Waals surface area contributed by atoms with Crippen molar-refractivity contribution in [3.05, 3.63) is 60.8 Å². The van der Waals surface area contributed by atoms with Gasteiger partial charge in [0.25, 0.3) is 0 Å². The molecule has 0 amide bonds. The fraction of sp³-hybridized carbons (Fsp3) is 0.222. The molecule has 26 heavy (non-hydrogen) atoms. The molecule has 3 aromatic rings. The molecule has 2 aromatic heterocycles. The fourth-order valence-electron chi connectivity index (χ4n) is 3.13. The fourth-order valence-corrected chi connectivity index (χ4v) is 4.02. The molecule has 0 N–H and O–H groups in total. The molecule has 1 aliphatic rings. The molecular formula is C18H19N5O2S. The molecule has 1 fully saturated rings. The number of rotatable bonds is 4. The monoisotopic (exact) mass is 369 g/mol. The second-order valence-corrected chi connectivity index (χ2v) is 7.96. The third-order valence-electron chi connectivity index (χ3n) is 4.57. The minimum atomic E-state index is -3.36. The third kappa shape index (κ3) is 2.97. The van der Waals surface area contributed by atoms with Crippen LogP contribution in [-0.2, 0) is 10.0 Å². The lowest BCUT2D eigenvalue weighted by atomic mass is 10.1. The van der Waals surface area contributed by atoms with Gasteiger partial charge < -0.3 is 4.90 Å². The highest BCUT2D eigenvalue weighted by atomic mass is 32.2. The number of nitrogens with zero attached hydrogens (tertiary/aromatic N) is 5. The van der Waals surface area contributed by atoms with Gasteiger partial charge in [0.05, 0.1) is 6.20 Å². The Kier molecular flexibility index (Phi) is 4.21. The number of hydrogen-bond donors (Lipinski definition) is 0. The predicted octanol–water partition coefficient (Wildman–Crippen LogP) is 1.99. The minimum Gasteiger partial charge on any atom is -0.354 e. The Morgan fingerprint density at radius 2 is 1.77 bits per heavy atom. The smallest absolute Gasteiger partial charge is 0.235 e. The van der Waals surface area contributed by atoms with Gasteiger partial charge in [-0.15, -0.1) is 0 Å². The van der Waals surface area contributed by atoms with Crippen molar-refractivity contribution in [3.8, 4) is 11.1 Å². The van der Waals surface area contributed by atoms with Crippen LogP contribution in [0.2, 0.25) is 0 Å². The van der Waals surface area contributed by atoms with Crippen LogP contribution in [0.4, 0.5) is 5.82 Å². The summed E-state index contributed by atoms with van der Waals surface area (Å²) in [5.74, 6) is 0.825. The molecule has 0 bridgehead atoms. The van der Waals surface area contributed by atoms with Crippen LogP contribution in [0.25, 0.3) is 16.8 Å². The molecule has 134 valence electrons. The van der Waals surface area contributed by atoms with Gasteiger partial charge in [0, 0.05) is 43.3 Å². The summed E-state index contributed by atoms with van der Waals surface area (Å²) in [5, 5.41) is 5.38. The number of fused-ring (bicyclic) bond motifs is 1. The highest BCUT2D eigenvalue weighted by Crippen LogP contribution is 2.25. The van der Waals surface area contributed by atoms with E-state index >= 15 is 0 Å². The van der Waals surface area contributed by atoms with Crippen LogP contribution in [0, 0.1) is 0 Å². The van der Waals surface area contributed by atoms with E-state index in [-0.39, 0.29) is 0 Å². The number of benzene rings is 1. The van der Waals surface area contributed by atoms with Gasteiger partial charge in [0.2, 0.25) is 10.0 Å². The summed E-state index contributed by atoms with van der Waals surface area (Å²) < 4.78 is 27.0. The zero-order chi connectivity index (χ0) is 18.1. The second kappa shape index (κ2) is 6.54. The van der Waals surface area contributed by atoms with Crippen LogP contribution < -0.4 is 4.90 Å². The Balaban J connectivity index is 1.62. The molecule has 8 heteroatoms. The van der Waals surface area contributed by atoms with E-state index in [1.54, 1.807) is 4.52 Å². The van der Waals surface area contributed by atoms with Crippen LogP contribution in [-0.4, -0.2) is 53.5 Å². The van der Waals surface area contributed by atoms with Crippen molar-refractivity contribution in [2.45, 2.75) is 0 Å². The number of aromatic nitrogens is 3. The van der Waals surface area contributed by atoms with Crippen LogP contribution in [0.3, 0.4) is 0 Å². The quantitative estimate of drug-likeness (QED) is 0.703. The van der Waals surface area contributed by atoms with Crippen molar-refractivity contribution in [2.75, 3.05) is 31.1 Å². The van der Waals surface area contributed by atoms with Crippen molar-refractivity contribution >= 4 is 21.5 Å². The van der Waals surface area contributed by atoms with Gasteiger partial charge in [-0.3, -0.25) is 0 Å². The first kappa shape index (κ1) is 16.7. The Bertz CT molecular complexity index is 1040. The molecule has 0 spiro atoms. The average Bonchev–Trinajstić information content (AvgIpc) is 3.12. The lowest BCUT2D eigenvalue weighted by Gasteiger charge is -2.34. The van der Waals surface area contributed by atoms with E-state index in [1.807, 2.05) is 48.8 Å². The van der Waals surface area contributed by atoms with E-state index in [1.165, 1.54) is 4.31 Å². The van der Waals surface area contributed by atoms with Gasteiger partial charge in [-0.2, -0.15) is 9.40 Å². The summed E-state index contributed by atoms with van der Waals surface area (Å²) in [6.45, 7) is 5.41. The Hall–Kier alpha value is -2.71. The van der Waals surface area contributed by atoms with Gasteiger partial charge in [0.15, 0.2) is 5.65 Å². The molecule has 4 rings (SSSR count). The number of piperazine rings is 1. The average molecular weight is 369 g/mol. The topological polar surface area (TPSA) is 70.8 Å². The van der Waals surface area contributed by atoms with Gasteiger partial charge in [-0.1, -0.05) is 36.9 Å². The summed E-state index contributed by atoms with van der Waals surface area (Å²) in [6.07, 6.45) is 3.70. The van der Waals surface area contributed by atoms with Crippen LogP contribution in [0.1, 0.15) is 0 Å². The third-order valence-corrected chi connectivity index (χ3v) is 6.08. The second-order valence-electron chi connectivity index (χ2n) is 6.08. The molecule has 0 radical (unpaired) electrons. The molecule has 0 saturated carbocycles. The maximum atomic E-state index is 11.9. The van der Waals surface area contributed by atoms with E-state index in [2.05, 4.69) is 16.6 Å². The maximum Gasteiger partial charge on any atom is 0.235 e. The summed E-state index contributed by atoms with van der Waals surface area (Å²) in [6, 6.07) is 11.9. The van der Waals surface area contributed by atoms with E-state index < -0.39 is 10.0 Å². The van der Waals surface area contributed by atoms with Gasteiger partial charge in [-0.05, 0) is 11.6 Å².